The Morgan fingerprint density at radius 3 is 2.31 bits per heavy atom. The number of benzene rings is 1. The summed E-state index contributed by atoms with van der Waals surface area (Å²) in [6, 6.07) is 9.73. The Bertz CT molecular complexity index is 323. The zero-order valence-electron chi connectivity index (χ0n) is 6.73. The van der Waals surface area contributed by atoms with Gasteiger partial charge in [-0.25, -0.2) is 5.10 Å². The van der Waals surface area contributed by atoms with Crippen LogP contribution in [0.3, 0.4) is 0 Å². The van der Waals surface area contributed by atoms with Crippen molar-refractivity contribution < 1.29 is 29.6 Å². The number of hydrogen-bond donors (Lipinski definition) is 1. The number of rotatable bonds is 1. The van der Waals surface area contributed by atoms with Gasteiger partial charge in [-0.1, -0.05) is 38.7 Å². The molecular formula is C7H10BN4Na. The zero-order chi connectivity index (χ0) is 7.52. The molecule has 0 fully saturated rings. The molecular weight excluding hydrogens is 174 g/mol. The number of nitrogens with one attached hydrogen (secondary N) is 1. The van der Waals surface area contributed by atoms with Crippen molar-refractivity contribution in [2.24, 2.45) is 0 Å². The van der Waals surface area contributed by atoms with Crippen LogP contribution in [0.5, 0.6) is 0 Å². The van der Waals surface area contributed by atoms with E-state index in [2.05, 4.69) is 20.6 Å². The normalized spacial score (nSPS) is 8.31. The second-order valence-corrected chi connectivity index (χ2v) is 2.12. The Labute approximate surface area is 100.0 Å². The molecule has 0 radical (unpaired) electrons. The van der Waals surface area contributed by atoms with E-state index in [0.717, 1.165) is 5.56 Å². The third kappa shape index (κ3) is 2.95. The summed E-state index contributed by atoms with van der Waals surface area (Å²) < 4.78 is 0. The summed E-state index contributed by atoms with van der Waals surface area (Å²) in [5, 5.41) is 13.4. The van der Waals surface area contributed by atoms with E-state index in [1.807, 2.05) is 30.3 Å². The summed E-state index contributed by atoms with van der Waals surface area (Å²) in [6.45, 7) is 0. The molecule has 1 N–H and O–H groups in total. The summed E-state index contributed by atoms with van der Waals surface area (Å²) >= 11 is 0. The number of tetrazole rings is 1. The van der Waals surface area contributed by atoms with Gasteiger partial charge >= 0.3 is 29.6 Å². The Kier molecular flexibility index (Phi) is 5.62. The molecule has 0 amide bonds. The number of H-pyrrole nitrogens is 1. The molecule has 0 saturated heterocycles. The second kappa shape index (κ2) is 5.91. The molecule has 0 unspecified atom stereocenters. The standard InChI is InChI=1S/C7H6N4.BH4.Na/c1-2-4-6(5-3-1)7-8-10-11-9-7;;/h1-5H,(H,8,9,10,11);1H4;/q;-1;+1. The van der Waals surface area contributed by atoms with Gasteiger partial charge in [-0.15, -0.1) is 5.10 Å². The molecule has 1 heterocycles. The Morgan fingerprint density at radius 1 is 1.08 bits per heavy atom. The molecule has 2 aromatic rings. The summed E-state index contributed by atoms with van der Waals surface area (Å²) in [5.41, 5.74) is 0.998. The molecule has 1 aromatic heterocycles. The van der Waals surface area contributed by atoms with Gasteiger partial charge in [-0.3, -0.25) is 0 Å². The average molecular weight is 184 g/mol. The fourth-order valence-electron chi connectivity index (χ4n) is 0.877. The van der Waals surface area contributed by atoms with Crippen LogP contribution in [0.1, 0.15) is 0 Å². The molecule has 0 aliphatic rings. The Hall–Kier alpha value is -0.645. The first-order valence-corrected chi connectivity index (χ1v) is 3.26. The summed E-state index contributed by atoms with van der Waals surface area (Å²) in [5.74, 6) is 0.700. The molecule has 0 spiro atoms. The SMILES string of the molecule is [BH4-].[Na+].c1ccc(-c2nnn[nH]2)cc1. The second-order valence-electron chi connectivity index (χ2n) is 2.12. The maximum atomic E-state index is 3.77. The van der Waals surface area contributed by atoms with E-state index >= 15 is 0 Å². The zero-order valence-corrected chi connectivity index (χ0v) is 8.73. The third-order valence-electron chi connectivity index (χ3n) is 1.39. The number of nitrogens with zero attached hydrogens (tertiary/aromatic N) is 3. The molecule has 62 valence electrons. The van der Waals surface area contributed by atoms with Gasteiger partial charge in [0, 0.05) is 5.56 Å². The molecule has 2 rings (SSSR count). The van der Waals surface area contributed by atoms with E-state index < -0.39 is 0 Å². The van der Waals surface area contributed by atoms with Crippen LogP contribution in [0.4, 0.5) is 0 Å². The molecule has 0 aliphatic heterocycles. The molecule has 13 heavy (non-hydrogen) atoms. The third-order valence-corrected chi connectivity index (χ3v) is 1.39. The van der Waals surface area contributed by atoms with Crippen LogP contribution in [0.25, 0.3) is 11.4 Å². The van der Waals surface area contributed by atoms with Gasteiger partial charge in [0.2, 0.25) is 0 Å². The van der Waals surface area contributed by atoms with E-state index in [0.29, 0.717) is 5.82 Å². The van der Waals surface area contributed by atoms with Crippen LogP contribution in [0.2, 0.25) is 0 Å². The van der Waals surface area contributed by atoms with Crippen molar-refractivity contribution in [2.45, 2.75) is 0 Å². The Morgan fingerprint density at radius 2 is 1.77 bits per heavy atom. The quantitative estimate of drug-likeness (QED) is 0.466. The first kappa shape index (κ1) is 12.4. The first-order chi connectivity index (χ1) is 5.47. The predicted octanol–water partition coefficient (Wildman–Crippen LogP) is -3.58. The van der Waals surface area contributed by atoms with Crippen LogP contribution in [0.15, 0.2) is 30.3 Å². The molecule has 0 saturated carbocycles. The van der Waals surface area contributed by atoms with Gasteiger partial charge in [0.25, 0.3) is 0 Å². The van der Waals surface area contributed by atoms with Crippen molar-refractivity contribution in [1.29, 1.82) is 0 Å². The van der Waals surface area contributed by atoms with Crippen LogP contribution in [-0.4, -0.2) is 29.0 Å². The van der Waals surface area contributed by atoms with Crippen LogP contribution in [-0.2, 0) is 0 Å². The van der Waals surface area contributed by atoms with Gasteiger partial charge in [0.1, 0.15) is 0 Å². The van der Waals surface area contributed by atoms with Crippen LogP contribution >= 0.6 is 0 Å². The summed E-state index contributed by atoms with van der Waals surface area (Å²) in [4.78, 5) is 0. The number of hydrogen-bond acceptors (Lipinski definition) is 3. The van der Waals surface area contributed by atoms with Crippen molar-refractivity contribution in [1.82, 2.24) is 20.6 Å². The topological polar surface area (TPSA) is 54.5 Å². The summed E-state index contributed by atoms with van der Waals surface area (Å²) in [6.07, 6.45) is 0. The van der Waals surface area contributed by atoms with E-state index in [1.165, 1.54) is 0 Å². The number of aromatic nitrogens is 4. The smallest absolute Gasteiger partial charge is 0.239 e. The summed E-state index contributed by atoms with van der Waals surface area (Å²) in [7, 11) is 0. The monoisotopic (exact) mass is 184 g/mol. The average Bonchev–Trinajstić information content (AvgIpc) is 2.58. The molecule has 0 bridgehead atoms. The van der Waals surface area contributed by atoms with E-state index in [4.69, 9.17) is 0 Å². The van der Waals surface area contributed by atoms with Gasteiger partial charge < -0.3 is 0 Å². The van der Waals surface area contributed by atoms with Crippen molar-refractivity contribution in [3.05, 3.63) is 30.3 Å². The van der Waals surface area contributed by atoms with Crippen LogP contribution in [0, 0.1) is 0 Å². The van der Waals surface area contributed by atoms with Gasteiger partial charge in [-0.2, -0.15) is 0 Å². The maximum Gasteiger partial charge on any atom is 1.00 e. The molecule has 6 heteroatoms. The van der Waals surface area contributed by atoms with E-state index in [9.17, 15) is 0 Å². The molecule has 0 atom stereocenters. The van der Waals surface area contributed by atoms with Crippen molar-refractivity contribution >= 4 is 8.41 Å². The molecule has 1 aromatic carbocycles. The van der Waals surface area contributed by atoms with E-state index in [-0.39, 0.29) is 38.0 Å². The van der Waals surface area contributed by atoms with E-state index in [1.54, 1.807) is 0 Å². The fraction of sp³-hybridized carbons (Fsp3) is 0. The molecule has 4 nitrogen and oxygen atoms in total. The molecule has 0 aliphatic carbocycles. The minimum atomic E-state index is 0. The maximum absolute atomic E-state index is 3.77. The van der Waals surface area contributed by atoms with Crippen molar-refractivity contribution in [3.63, 3.8) is 0 Å². The van der Waals surface area contributed by atoms with Gasteiger partial charge in [0.15, 0.2) is 5.82 Å². The van der Waals surface area contributed by atoms with Crippen LogP contribution < -0.4 is 29.6 Å². The predicted molar refractivity (Wildman–Crippen MR) is 50.9 cm³/mol. The fourth-order valence-corrected chi connectivity index (χ4v) is 0.877. The first-order valence-electron chi connectivity index (χ1n) is 3.26. The van der Waals surface area contributed by atoms with Crippen molar-refractivity contribution in [3.8, 4) is 11.4 Å². The largest absolute Gasteiger partial charge is 1.00 e. The van der Waals surface area contributed by atoms with Gasteiger partial charge in [-0.05, 0) is 10.4 Å². The number of aromatic amines is 1. The minimum absolute atomic E-state index is 0. The minimum Gasteiger partial charge on any atom is -0.239 e. The van der Waals surface area contributed by atoms with Gasteiger partial charge in [0.05, 0.1) is 0 Å². The van der Waals surface area contributed by atoms with Crippen molar-refractivity contribution in [2.75, 3.05) is 0 Å². The Balaban J connectivity index is 0.000000720.